The molecule has 0 unspecified atom stereocenters. The molecule has 0 spiro atoms. The number of rotatable bonds is 0. The van der Waals surface area contributed by atoms with Gasteiger partial charge in [-0.1, -0.05) is 10.8 Å². The molecule has 42 valence electrons. The van der Waals surface area contributed by atoms with Gasteiger partial charge in [-0.3, -0.25) is 0 Å². The van der Waals surface area contributed by atoms with Crippen molar-refractivity contribution in [3.8, 4) is 0 Å². The standard InChI is InChI=1S/C3H6O2S2/c4-3-1-6-7(5)2-3/h3-4H,1-2H2/t3-,7-/m1/s1. The first kappa shape index (κ1) is 5.59. The van der Waals surface area contributed by atoms with Crippen molar-refractivity contribution in [3.05, 3.63) is 0 Å². The molecule has 0 amide bonds. The maximum absolute atomic E-state index is 10.4. The van der Waals surface area contributed by atoms with E-state index < -0.39 is 9.83 Å². The third-order valence-electron chi connectivity index (χ3n) is 0.720. The Bertz CT molecular complexity index is 92.9. The van der Waals surface area contributed by atoms with Crippen molar-refractivity contribution < 1.29 is 9.32 Å². The van der Waals surface area contributed by atoms with Crippen molar-refractivity contribution in [1.29, 1.82) is 0 Å². The molecule has 1 rings (SSSR count). The van der Waals surface area contributed by atoms with Gasteiger partial charge in [0.2, 0.25) is 0 Å². The van der Waals surface area contributed by atoms with Crippen LogP contribution in [0.2, 0.25) is 0 Å². The van der Waals surface area contributed by atoms with Gasteiger partial charge < -0.3 is 5.11 Å². The van der Waals surface area contributed by atoms with Gasteiger partial charge in [-0.05, 0) is 0 Å². The van der Waals surface area contributed by atoms with E-state index in [9.17, 15) is 4.21 Å². The highest BCUT2D eigenvalue weighted by molar-refractivity contribution is 8.69. The lowest BCUT2D eigenvalue weighted by Gasteiger charge is -1.88. The third-order valence-corrected chi connectivity index (χ3v) is 3.77. The van der Waals surface area contributed by atoms with E-state index >= 15 is 0 Å². The highest BCUT2D eigenvalue weighted by atomic mass is 33.1. The summed E-state index contributed by atoms with van der Waals surface area (Å²) in [5, 5.41) is 8.69. The van der Waals surface area contributed by atoms with Crippen molar-refractivity contribution in [2.24, 2.45) is 0 Å². The Labute approximate surface area is 48.2 Å². The van der Waals surface area contributed by atoms with Gasteiger partial charge in [-0.2, -0.15) is 0 Å². The zero-order chi connectivity index (χ0) is 5.28. The lowest BCUT2D eigenvalue weighted by atomic mass is 10.5. The fraction of sp³-hybridized carbons (Fsp3) is 1.00. The summed E-state index contributed by atoms with van der Waals surface area (Å²) in [6, 6.07) is 0. The molecule has 4 heteroatoms. The summed E-state index contributed by atoms with van der Waals surface area (Å²) in [7, 11) is 0.541. The highest BCUT2D eigenvalue weighted by Crippen LogP contribution is 2.18. The molecule has 0 bridgehead atoms. The smallest absolute Gasteiger partial charge is 0.0831 e. The van der Waals surface area contributed by atoms with E-state index in [1.807, 2.05) is 0 Å². The van der Waals surface area contributed by atoms with Crippen LogP contribution in [0.4, 0.5) is 0 Å². The van der Waals surface area contributed by atoms with Gasteiger partial charge in [0.05, 0.1) is 21.7 Å². The second-order valence-electron chi connectivity index (χ2n) is 1.41. The monoisotopic (exact) mass is 138 g/mol. The maximum atomic E-state index is 10.4. The molecule has 1 aliphatic rings. The summed E-state index contributed by atoms with van der Waals surface area (Å²) in [6.07, 6.45) is -0.314. The van der Waals surface area contributed by atoms with Gasteiger partial charge >= 0.3 is 0 Å². The summed E-state index contributed by atoms with van der Waals surface area (Å²) in [6.45, 7) is 0. The molecule has 0 aliphatic carbocycles. The predicted molar refractivity (Wildman–Crippen MR) is 31.5 cm³/mol. The molecule has 2 nitrogen and oxygen atoms in total. The Hall–Kier alpha value is 0.460. The van der Waals surface area contributed by atoms with Gasteiger partial charge in [0.15, 0.2) is 0 Å². The average Bonchev–Trinajstić information content (AvgIpc) is 1.87. The minimum Gasteiger partial charge on any atom is -0.391 e. The summed E-state index contributed by atoms with van der Waals surface area (Å²) in [5.74, 6) is 1.11. The van der Waals surface area contributed by atoms with Crippen molar-refractivity contribution >= 4 is 20.6 Å². The molecular weight excluding hydrogens is 132 g/mol. The van der Waals surface area contributed by atoms with Gasteiger partial charge in [0.25, 0.3) is 0 Å². The molecule has 1 saturated heterocycles. The van der Waals surface area contributed by atoms with Gasteiger partial charge in [-0.25, -0.2) is 4.21 Å². The molecule has 1 aliphatic heterocycles. The number of hydrogen-bond acceptors (Lipinski definition) is 3. The Morgan fingerprint density at radius 2 is 2.57 bits per heavy atom. The first-order chi connectivity index (χ1) is 3.29. The molecule has 0 aromatic heterocycles. The summed E-state index contributed by atoms with van der Waals surface area (Å²) < 4.78 is 10.4. The van der Waals surface area contributed by atoms with Crippen molar-refractivity contribution in [2.75, 3.05) is 11.5 Å². The molecule has 0 radical (unpaired) electrons. The molecule has 1 N–H and O–H groups in total. The zero-order valence-electron chi connectivity index (χ0n) is 3.66. The van der Waals surface area contributed by atoms with Crippen LogP contribution in [0, 0.1) is 0 Å². The van der Waals surface area contributed by atoms with Crippen LogP contribution < -0.4 is 0 Å². The lowest BCUT2D eigenvalue weighted by molar-refractivity contribution is 0.226. The van der Waals surface area contributed by atoms with E-state index in [1.54, 1.807) is 0 Å². The topological polar surface area (TPSA) is 37.3 Å². The number of aliphatic hydroxyl groups excluding tert-OH is 1. The van der Waals surface area contributed by atoms with Gasteiger partial charge in [-0.15, -0.1) is 0 Å². The Balaban J connectivity index is 2.40. The second kappa shape index (κ2) is 2.15. The van der Waals surface area contributed by atoms with Crippen LogP contribution in [0.3, 0.4) is 0 Å². The average molecular weight is 138 g/mol. The SMILES string of the molecule is O=[S@]1C[C@H](O)CS1. The van der Waals surface area contributed by atoms with Crippen molar-refractivity contribution in [3.63, 3.8) is 0 Å². The second-order valence-corrected chi connectivity index (χ2v) is 4.74. The van der Waals surface area contributed by atoms with Crippen LogP contribution in [0.1, 0.15) is 0 Å². The first-order valence-electron chi connectivity index (χ1n) is 1.99. The number of aliphatic hydroxyl groups is 1. The molecule has 0 aromatic rings. The Morgan fingerprint density at radius 1 is 1.86 bits per heavy atom. The van der Waals surface area contributed by atoms with E-state index in [0.717, 1.165) is 0 Å². The molecule has 1 heterocycles. The molecule has 1 fully saturated rings. The number of hydrogen-bond donors (Lipinski definition) is 1. The van der Waals surface area contributed by atoms with E-state index in [1.165, 1.54) is 10.8 Å². The molecule has 0 saturated carbocycles. The Kier molecular flexibility index (Phi) is 1.72. The minimum absolute atomic E-state index is 0.314. The molecule has 0 aromatic carbocycles. The van der Waals surface area contributed by atoms with E-state index in [2.05, 4.69) is 0 Å². The molecular formula is C3H6O2S2. The first-order valence-corrected chi connectivity index (χ1v) is 4.81. The van der Waals surface area contributed by atoms with Crippen LogP contribution in [-0.2, 0) is 9.83 Å². The van der Waals surface area contributed by atoms with Crippen molar-refractivity contribution in [1.82, 2.24) is 0 Å². The molecule has 2 atom stereocenters. The van der Waals surface area contributed by atoms with E-state index in [0.29, 0.717) is 11.5 Å². The van der Waals surface area contributed by atoms with Crippen LogP contribution >= 0.6 is 10.8 Å². The van der Waals surface area contributed by atoms with E-state index in [-0.39, 0.29) is 6.10 Å². The van der Waals surface area contributed by atoms with Crippen LogP contribution in [0.25, 0.3) is 0 Å². The predicted octanol–water partition coefficient (Wildman–Crippen LogP) is -0.242. The Morgan fingerprint density at radius 3 is 2.71 bits per heavy atom. The fourth-order valence-corrected chi connectivity index (χ4v) is 3.20. The largest absolute Gasteiger partial charge is 0.391 e. The van der Waals surface area contributed by atoms with Crippen LogP contribution in [-0.4, -0.2) is 26.9 Å². The zero-order valence-corrected chi connectivity index (χ0v) is 5.30. The van der Waals surface area contributed by atoms with Crippen LogP contribution in [0.5, 0.6) is 0 Å². The summed E-state index contributed by atoms with van der Waals surface area (Å²) in [5.41, 5.74) is 0. The third kappa shape index (κ3) is 1.44. The fourth-order valence-electron chi connectivity index (χ4n) is 0.408. The quantitative estimate of drug-likeness (QED) is 0.469. The summed E-state index contributed by atoms with van der Waals surface area (Å²) >= 11 is 0. The normalized spacial score (nSPS) is 41.9. The molecule has 7 heavy (non-hydrogen) atoms. The van der Waals surface area contributed by atoms with Gasteiger partial charge in [0, 0.05) is 5.75 Å². The van der Waals surface area contributed by atoms with E-state index in [4.69, 9.17) is 5.11 Å². The van der Waals surface area contributed by atoms with Gasteiger partial charge in [0.1, 0.15) is 0 Å². The summed E-state index contributed by atoms with van der Waals surface area (Å²) in [4.78, 5) is 0. The maximum Gasteiger partial charge on any atom is 0.0831 e. The van der Waals surface area contributed by atoms with Crippen LogP contribution in [0.15, 0.2) is 0 Å². The lowest BCUT2D eigenvalue weighted by Crippen LogP contribution is -2.07. The minimum atomic E-state index is -0.786. The van der Waals surface area contributed by atoms with Crippen molar-refractivity contribution in [2.45, 2.75) is 6.10 Å². The highest BCUT2D eigenvalue weighted by Gasteiger charge is 2.18.